The van der Waals surface area contributed by atoms with Crippen LogP contribution in [0, 0.1) is 9.49 Å². The van der Waals surface area contributed by atoms with E-state index < -0.39 is 22.0 Å². The summed E-state index contributed by atoms with van der Waals surface area (Å²) >= 11 is 2.09. The summed E-state index contributed by atoms with van der Waals surface area (Å²) in [6.45, 7) is 3.50. The number of hydrogen-bond acceptors (Lipinski definition) is 4. The smallest absolute Gasteiger partial charge is 0.324 e. The van der Waals surface area contributed by atoms with Crippen LogP contribution in [0.1, 0.15) is 13.8 Å². The summed E-state index contributed by atoms with van der Waals surface area (Å²) in [5.41, 5.74) is 0. The molecule has 19 heavy (non-hydrogen) atoms. The molecule has 106 valence electrons. The van der Waals surface area contributed by atoms with Crippen LogP contribution >= 0.6 is 22.6 Å². The Morgan fingerprint density at radius 1 is 1.26 bits per heavy atom. The van der Waals surface area contributed by atoms with Crippen molar-refractivity contribution in [1.29, 1.82) is 0 Å². The molecule has 1 aromatic carbocycles. The lowest BCUT2D eigenvalue weighted by atomic mass is 10.1. The number of esters is 1. The van der Waals surface area contributed by atoms with Gasteiger partial charge in [0.25, 0.3) is 0 Å². The van der Waals surface area contributed by atoms with Crippen molar-refractivity contribution in [3.63, 3.8) is 0 Å². The third kappa shape index (κ3) is 4.43. The Kier molecular flexibility index (Phi) is 5.75. The molecule has 0 radical (unpaired) electrons. The third-order valence-electron chi connectivity index (χ3n) is 2.53. The molecule has 0 aliphatic heterocycles. The molecule has 1 rings (SSSR count). The first-order valence-electron chi connectivity index (χ1n) is 5.63. The van der Waals surface area contributed by atoms with Gasteiger partial charge in [0.05, 0.1) is 12.0 Å². The van der Waals surface area contributed by atoms with Crippen LogP contribution < -0.4 is 4.72 Å². The number of hydrogen-bond donors (Lipinski definition) is 1. The molecule has 1 atom stereocenters. The lowest BCUT2D eigenvalue weighted by Crippen LogP contribution is -2.44. The highest BCUT2D eigenvalue weighted by Gasteiger charge is 2.28. The van der Waals surface area contributed by atoms with Crippen molar-refractivity contribution in [3.05, 3.63) is 27.8 Å². The van der Waals surface area contributed by atoms with E-state index >= 15 is 0 Å². The minimum atomic E-state index is -3.73. The van der Waals surface area contributed by atoms with E-state index in [1.165, 1.54) is 19.2 Å². The Labute approximate surface area is 126 Å². The molecule has 0 bridgehead atoms. The minimum Gasteiger partial charge on any atom is -0.468 e. The van der Waals surface area contributed by atoms with Gasteiger partial charge in [0, 0.05) is 3.57 Å². The van der Waals surface area contributed by atoms with Crippen LogP contribution in [0.3, 0.4) is 0 Å². The zero-order valence-corrected chi connectivity index (χ0v) is 13.9. The van der Waals surface area contributed by atoms with E-state index in [4.69, 9.17) is 0 Å². The summed E-state index contributed by atoms with van der Waals surface area (Å²) in [6.07, 6.45) is 0. The standard InChI is InChI=1S/C12H16INO4S/c1-8(2)11(12(15)18-3)14-19(16,17)10-6-4-9(13)5-7-10/h4-8,11,14H,1-3H3/t11-/m0/s1. The number of nitrogens with one attached hydrogen (secondary N) is 1. The number of benzene rings is 1. The molecule has 0 unspecified atom stereocenters. The third-order valence-corrected chi connectivity index (χ3v) is 4.70. The van der Waals surface area contributed by atoms with Gasteiger partial charge in [-0.15, -0.1) is 0 Å². The highest BCUT2D eigenvalue weighted by molar-refractivity contribution is 14.1. The second-order valence-corrected chi connectivity index (χ2v) is 7.28. The molecule has 1 N–H and O–H groups in total. The maximum absolute atomic E-state index is 12.2. The Bertz CT molecular complexity index is 539. The summed E-state index contributed by atoms with van der Waals surface area (Å²) in [4.78, 5) is 11.7. The molecular formula is C12H16INO4S. The van der Waals surface area contributed by atoms with Crippen molar-refractivity contribution in [2.24, 2.45) is 5.92 Å². The first-order chi connectivity index (χ1) is 8.77. The van der Waals surface area contributed by atoms with E-state index in [9.17, 15) is 13.2 Å². The van der Waals surface area contributed by atoms with Crippen molar-refractivity contribution in [1.82, 2.24) is 4.72 Å². The van der Waals surface area contributed by atoms with Gasteiger partial charge in [-0.3, -0.25) is 4.79 Å². The SMILES string of the molecule is COC(=O)[C@@H](NS(=O)(=O)c1ccc(I)cc1)C(C)C. The number of methoxy groups -OCH3 is 1. The molecule has 0 aromatic heterocycles. The number of carbonyl (C=O) groups excluding carboxylic acids is 1. The molecule has 1 aromatic rings. The predicted octanol–water partition coefficient (Wildman–Crippen LogP) is 1.77. The summed E-state index contributed by atoms with van der Waals surface area (Å²) in [5, 5.41) is 0. The fourth-order valence-electron chi connectivity index (χ4n) is 1.43. The largest absolute Gasteiger partial charge is 0.468 e. The maximum Gasteiger partial charge on any atom is 0.324 e. The highest BCUT2D eigenvalue weighted by Crippen LogP contribution is 2.14. The average molecular weight is 397 g/mol. The van der Waals surface area contributed by atoms with Crippen LogP contribution in [0.2, 0.25) is 0 Å². The van der Waals surface area contributed by atoms with E-state index in [1.54, 1.807) is 26.0 Å². The van der Waals surface area contributed by atoms with Gasteiger partial charge in [0.15, 0.2) is 0 Å². The van der Waals surface area contributed by atoms with Crippen molar-refractivity contribution < 1.29 is 17.9 Å². The topological polar surface area (TPSA) is 72.5 Å². The lowest BCUT2D eigenvalue weighted by Gasteiger charge is -2.19. The molecule has 0 fully saturated rings. The molecule has 0 aliphatic rings. The number of sulfonamides is 1. The first-order valence-corrected chi connectivity index (χ1v) is 8.20. The summed E-state index contributed by atoms with van der Waals surface area (Å²) < 4.78 is 32.2. The monoisotopic (exact) mass is 397 g/mol. The molecule has 0 saturated heterocycles. The van der Waals surface area contributed by atoms with Crippen molar-refractivity contribution in [2.45, 2.75) is 24.8 Å². The molecule has 5 nitrogen and oxygen atoms in total. The fraction of sp³-hybridized carbons (Fsp3) is 0.417. The molecule has 0 heterocycles. The molecule has 0 aliphatic carbocycles. The van der Waals surface area contributed by atoms with Gasteiger partial charge in [0.1, 0.15) is 6.04 Å². The van der Waals surface area contributed by atoms with E-state index in [2.05, 4.69) is 32.0 Å². The quantitative estimate of drug-likeness (QED) is 0.607. The van der Waals surface area contributed by atoms with Gasteiger partial charge in [-0.2, -0.15) is 4.72 Å². The van der Waals surface area contributed by atoms with Crippen LogP contribution in [0.15, 0.2) is 29.2 Å². The van der Waals surface area contributed by atoms with Crippen molar-refractivity contribution in [3.8, 4) is 0 Å². The van der Waals surface area contributed by atoms with Crippen LogP contribution in [-0.4, -0.2) is 27.5 Å². The minimum absolute atomic E-state index is 0.127. The van der Waals surface area contributed by atoms with E-state index in [0.29, 0.717) is 0 Å². The van der Waals surface area contributed by atoms with Gasteiger partial charge >= 0.3 is 5.97 Å². The van der Waals surface area contributed by atoms with Gasteiger partial charge in [-0.05, 0) is 52.8 Å². The van der Waals surface area contributed by atoms with Crippen LogP contribution in [0.25, 0.3) is 0 Å². The van der Waals surface area contributed by atoms with E-state index in [1.807, 2.05) is 0 Å². The summed E-state index contributed by atoms with van der Waals surface area (Å²) in [6, 6.07) is 5.49. The predicted molar refractivity (Wildman–Crippen MR) is 80.1 cm³/mol. The Morgan fingerprint density at radius 3 is 2.21 bits per heavy atom. The van der Waals surface area contributed by atoms with Crippen LogP contribution in [0.5, 0.6) is 0 Å². The molecule has 0 amide bonds. The highest BCUT2D eigenvalue weighted by atomic mass is 127. The number of halogens is 1. The number of carbonyl (C=O) groups is 1. The zero-order valence-electron chi connectivity index (χ0n) is 10.9. The second-order valence-electron chi connectivity index (χ2n) is 4.32. The molecular weight excluding hydrogens is 381 g/mol. The summed E-state index contributed by atoms with van der Waals surface area (Å²) in [7, 11) is -2.50. The van der Waals surface area contributed by atoms with Gasteiger partial charge in [-0.1, -0.05) is 13.8 Å². The van der Waals surface area contributed by atoms with Crippen LogP contribution in [0.4, 0.5) is 0 Å². The van der Waals surface area contributed by atoms with E-state index in [-0.39, 0.29) is 10.8 Å². The molecule has 0 spiro atoms. The van der Waals surface area contributed by atoms with E-state index in [0.717, 1.165) is 3.57 Å². The van der Waals surface area contributed by atoms with Crippen LogP contribution in [-0.2, 0) is 19.6 Å². The van der Waals surface area contributed by atoms with Gasteiger partial charge in [0.2, 0.25) is 10.0 Å². The summed E-state index contributed by atoms with van der Waals surface area (Å²) in [5.74, 6) is -0.796. The molecule has 7 heteroatoms. The normalized spacial score (nSPS) is 13.3. The average Bonchev–Trinajstić information content (AvgIpc) is 2.35. The molecule has 0 saturated carbocycles. The zero-order chi connectivity index (χ0) is 14.6. The maximum atomic E-state index is 12.2. The van der Waals surface area contributed by atoms with Gasteiger partial charge in [-0.25, -0.2) is 8.42 Å². The number of ether oxygens (including phenoxy) is 1. The lowest BCUT2D eigenvalue weighted by molar-refractivity contribution is -0.143. The van der Waals surface area contributed by atoms with Crippen molar-refractivity contribution >= 4 is 38.6 Å². The Hall–Kier alpha value is -0.670. The Balaban J connectivity index is 3.00. The Morgan fingerprint density at radius 2 is 1.79 bits per heavy atom. The van der Waals surface area contributed by atoms with Gasteiger partial charge < -0.3 is 4.74 Å². The first kappa shape index (κ1) is 16.4. The number of rotatable bonds is 5. The van der Waals surface area contributed by atoms with Crippen molar-refractivity contribution in [2.75, 3.05) is 7.11 Å². The fourth-order valence-corrected chi connectivity index (χ4v) is 3.13. The second kappa shape index (κ2) is 6.67.